The number of nitrogens with zero attached hydrogens (tertiary/aromatic N) is 2. The zero-order valence-electron chi connectivity index (χ0n) is 10.2. The molecule has 1 fully saturated rings. The second-order valence-corrected chi connectivity index (χ2v) is 4.75. The molecule has 0 spiro atoms. The minimum Gasteiger partial charge on any atom is -0.353 e. The maximum Gasteiger partial charge on any atom is 0.0624 e. The Morgan fingerprint density at radius 1 is 1.25 bits per heavy atom. The van der Waals surface area contributed by atoms with Gasteiger partial charge in [0, 0.05) is 25.5 Å². The summed E-state index contributed by atoms with van der Waals surface area (Å²) in [5.41, 5.74) is 7.31. The van der Waals surface area contributed by atoms with E-state index in [1.807, 2.05) is 0 Å². The van der Waals surface area contributed by atoms with Crippen LogP contribution in [0.15, 0.2) is 18.3 Å². The van der Waals surface area contributed by atoms with Crippen LogP contribution in [0, 0.1) is 0 Å². The van der Waals surface area contributed by atoms with Crippen LogP contribution in [0.4, 0.5) is 0 Å². The first-order chi connectivity index (χ1) is 7.83. The molecular formula is C13H23N3. The molecule has 2 rings (SSSR count). The lowest BCUT2D eigenvalue weighted by Gasteiger charge is -2.30. The molecule has 16 heavy (non-hydrogen) atoms. The third-order valence-corrected chi connectivity index (χ3v) is 3.63. The molecular weight excluding hydrogens is 198 g/mol. The van der Waals surface area contributed by atoms with Crippen LogP contribution in [0.3, 0.4) is 0 Å². The van der Waals surface area contributed by atoms with Crippen LogP contribution in [-0.2, 0) is 7.05 Å². The number of nitrogens with two attached hydrogens (primary N) is 1. The standard InChI is InChI=1S/C13H23N3/c1-15-8-6-7-12(15)13(11-14)16-9-4-2-3-5-10-16/h6-8,13H,2-5,9-11,14H2,1H3. The molecule has 3 heteroatoms. The first-order valence-corrected chi connectivity index (χ1v) is 6.38. The van der Waals surface area contributed by atoms with Crippen molar-refractivity contribution in [2.75, 3.05) is 19.6 Å². The molecule has 0 saturated carbocycles. The van der Waals surface area contributed by atoms with Crippen molar-refractivity contribution in [3.05, 3.63) is 24.0 Å². The van der Waals surface area contributed by atoms with Crippen LogP contribution in [0.1, 0.15) is 37.4 Å². The quantitative estimate of drug-likeness (QED) is 0.846. The van der Waals surface area contributed by atoms with Crippen molar-refractivity contribution in [3.8, 4) is 0 Å². The highest BCUT2D eigenvalue weighted by atomic mass is 15.2. The molecule has 1 atom stereocenters. The zero-order chi connectivity index (χ0) is 11.4. The van der Waals surface area contributed by atoms with Crippen LogP contribution in [0.5, 0.6) is 0 Å². The van der Waals surface area contributed by atoms with Gasteiger partial charge in [-0.25, -0.2) is 0 Å². The third-order valence-electron chi connectivity index (χ3n) is 3.63. The monoisotopic (exact) mass is 221 g/mol. The number of hydrogen-bond donors (Lipinski definition) is 1. The van der Waals surface area contributed by atoms with Gasteiger partial charge in [0.15, 0.2) is 0 Å². The summed E-state index contributed by atoms with van der Waals surface area (Å²) in [6.07, 6.45) is 7.50. The Balaban J connectivity index is 2.12. The summed E-state index contributed by atoms with van der Waals surface area (Å²) in [6.45, 7) is 3.12. The van der Waals surface area contributed by atoms with Crippen molar-refractivity contribution in [1.82, 2.24) is 9.47 Å². The van der Waals surface area contributed by atoms with Gasteiger partial charge >= 0.3 is 0 Å². The number of aromatic nitrogens is 1. The molecule has 0 amide bonds. The number of hydrogen-bond acceptors (Lipinski definition) is 2. The zero-order valence-corrected chi connectivity index (χ0v) is 10.2. The molecule has 1 aliphatic rings. The van der Waals surface area contributed by atoms with E-state index in [0.717, 1.165) is 6.54 Å². The minimum atomic E-state index is 0.401. The Morgan fingerprint density at radius 2 is 1.94 bits per heavy atom. The van der Waals surface area contributed by atoms with E-state index >= 15 is 0 Å². The fourth-order valence-electron chi connectivity index (χ4n) is 2.68. The van der Waals surface area contributed by atoms with Gasteiger partial charge < -0.3 is 10.3 Å². The molecule has 1 aromatic rings. The highest BCUT2D eigenvalue weighted by molar-refractivity contribution is 5.12. The molecule has 1 unspecified atom stereocenters. The molecule has 2 N–H and O–H groups in total. The smallest absolute Gasteiger partial charge is 0.0624 e. The summed E-state index contributed by atoms with van der Waals surface area (Å²) < 4.78 is 2.20. The van der Waals surface area contributed by atoms with Crippen molar-refractivity contribution >= 4 is 0 Å². The fourth-order valence-corrected chi connectivity index (χ4v) is 2.68. The van der Waals surface area contributed by atoms with E-state index in [2.05, 4.69) is 34.8 Å². The number of aryl methyl sites for hydroxylation is 1. The molecule has 2 heterocycles. The molecule has 3 nitrogen and oxygen atoms in total. The normalized spacial score (nSPS) is 20.6. The summed E-state index contributed by atoms with van der Waals surface area (Å²) in [5.74, 6) is 0. The Bertz CT molecular complexity index is 311. The van der Waals surface area contributed by atoms with Crippen molar-refractivity contribution in [1.29, 1.82) is 0 Å². The Hall–Kier alpha value is -0.800. The SMILES string of the molecule is Cn1cccc1C(CN)N1CCCCCC1. The van der Waals surface area contributed by atoms with E-state index in [1.54, 1.807) is 0 Å². The lowest BCUT2D eigenvalue weighted by molar-refractivity contribution is 0.203. The molecule has 1 saturated heterocycles. The van der Waals surface area contributed by atoms with Crippen LogP contribution in [-0.4, -0.2) is 29.1 Å². The molecule has 0 aromatic carbocycles. The largest absolute Gasteiger partial charge is 0.353 e. The van der Waals surface area contributed by atoms with Gasteiger partial charge in [-0.15, -0.1) is 0 Å². The van der Waals surface area contributed by atoms with E-state index < -0.39 is 0 Å². The van der Waals surface area contributed by atoms with Crippen molar-refractivity contribution in [3.63, 3.8) is 0 Å². The second-order valence-electron chi connectivity index (χ2n) is 4.75. The maximum atomic E-state index is 5.96. The molecule has 0 bridgehead atoms. The second kappa shape index (κ2) is 5.51. The van der Waals surface area contributed by atoms with E-state index in [0.29, 0.717) is 6.04 Å². The van der Waals surface area contributed by atoms with Gasteiger partial charge in [0.1, 0.15) is 0 Å². The van der Waals surface area contributed by atoms with Crippen molar-refractivity contribution < 1.29 is 0 Å². The summed E-state index contributed by atoms with van der Waals surface area (Å²) in [4.78, 5) is 2.56. The highest BCUT2D eigenvalue weighted by Gasteiger charge is 2.21. The summed E-state index contributed by atoms with van der Waals surface area (Å²) in [7, 11) is 2.11. The van der Waals surface area contributed by atoms with Gasteiger partial charge in [0.05, 0.1) is 6.04 Å². The lowest BCUT2D eigenvalue weighted by Crippen LogP contribution is -2.35. The Labute approximate surface area is 98.2 Å². The van der Waals surface area contributed by atoms with Gasteiger partial charge in [0.25, 0.3) is 0 Å². The lowest BCUT2D eigenvalue weighted by atomic mass is 10.1. The molecule has 1 aliphatic heterocycles. The summed E-state index contributed by atoms with van der Waals surface area (Å²) in [5, 5.41) is 0. The number of likely N-dealkylation sites (tertiary alicyclic amines) is 1. The molecule has 0 aliphatic carbocycles. The Morgan fingerprint density at radius 3 is 2.44 bits per heavy atom. The average molecular weight is 221 g/mol. The highest BCUT2D eigenvalue weighted by Crippen LogP contribution is 2.23. The summed E-state index contributed by atoms with van der Waals surface area (Å²) >= 11 is 0. The summed E-state index contributed by atoms with van der Waals surface area (Å²) in [6, 6.07) is 4.70. The van der Waals surface area contributed by atoms with Gasteiger partial charge in [-0.3, -0.25) is 4.90 Å². The van der Waals surface area contributed by atoms with Crippen molar-refractivity contribution in [2.45, 2.75) is 31.7 Å². The average Bonchev–Trinajstić information content (AvgIpc) is 2.57. The topological polar surface area (TPSA) is 34.2 Å². The third kappa shape index (κ3) is 2.47. The van der Waals surface area contributed by atoms with Gasteiger partial charge in [-0.05, 0) is 38.1 Å². The molecule has 1 aromatic heterocycles. The van der Waals surface area contributed by atoms with Crippen LogP contribution < -0.4 is 5.73 Å². The predicted octanol–water partition coefficient (Wildman–Crippen LogP) is 1.90. The van der Waals surface area contributed by atoms with Crippen LogP contribution in [0.25, 0.3) is 0 Å². The van der Waals surface area contributed by atoms with Crippen LogP contribution in [0.2, 0.25) is 0 Å². The maximum absolute atomic E-state index is 5.96. The van der Waals surface area contributed by atoms with Gasteiger partial charge in [-0.2, -0.15) is 0 Å². The van der Waals surface area contributed by atoms with E-state index in [1.165, 1.54) is 44.5 Å². The van der Waals surface area contributed by atoms with Crippen LogP contribution >= 0.6 is 0 Å². The van der Waals surface area contributed by atoms with E-state index in [4.69, 9.17) is 5.73 Å². The van der Waals surface area contributed by atoms with Gasteiger partial charge in [-0.1, -0.05) is 12.8 Å². The first-order valence-electron chi connectivity index (χ1n) is 6.38. The predicted molar refractivity (Wildman–Crippen MR) is 67.2 cm³/mol. The molecule has 0 radical (unpaired) electrons. The van der Waals surface area contributed by atoms with Gasteiger partial charge in [0.2, 0.25) is 0 Å². The molecule has 90 valence electrons. The van der Waals surface area contributed by atoms with E-state index in [9.17, 15) is 0 Å². The minimum absolute atomic E-state index is 0.401. The van der Waals surface area contributed by atoms with E-state index in [-0.39, 0.29) is 0 Å². The van der Waals surface area contributed by atoms with Crippen molar-refractivity contribution in [2.24, 2.45) is 12.8 Å². The Kier molecular flexibility index (Phi) is 4.02. The fraction of sp³-hybridized carbons (Fsp3) is 0.692. The number of rotatable bonds is 3. The first kappa shape index (κ1) is 11.7.